The number of hydrogen-bond donors (Lipinski definition) is 0. The zero-order valence-electron chi connectivity index (χ0n) is 12.4. The first-order valence-corrected chi connectivity index (χ1v) is 6.83. The van der Waals surface area contributed by atoms with Crippen molar-refractivity contribution >= 4 is 5.97 Å². The van der Waals surface area contributed by atoms with E-state index in [0.717, 1.165) is 12.1 Å². The van der Waals surface area contributed by atoms with Crippen molar-refractivity contribution in [1.82, 2.24) is 0 Å². The molecule has 4 nitrogen and oxygen atoms in total. The van der Waals surface area contributed by atoms with Gasteiger partial charge in [-0.05, 0) is 30.3 Å². The molecular formula is C15H15F5O4. The number of carbonyl (C=O) groups excluding carboxylic acids is 1. The van der Waals surface area contributed by atoms with E-state index in [1.54, 1.807) is 0 Å². The number of benzene rings is 1. The van der Waals surface area contributed by atoms with Gasteiger partial charge in [0, 0.05) is 0 Å². The third-order valence-electron chi connectivity index (χ3n) is 2.59. The van der Waals surface area contributed by atoms with Crippen molar-refractivity contribution in [3.05, 3.63) is 42.0 Å². The van der Waals surface area contributed by atoms with Gasteiger partial charge in [0.25, 0.3) is 6.08 Å². The van der Waals surface area contributed by atoms with E-state index in [0.29, 0.717) is 6.08 Å². The van der Waals surface area contributed by atoms with Gasteiger partial charge in [0.05, 0.1) is 25.2 Å². The molecule has 0 atom stereocenters. The van der Waals surface area contributed by atoms with E-state index < -0.39 is 30.2 Å². The number of halogens is 5. The molecule has 0 amide bonds. The Morgan fingerprint density at radius 2 is 1.62 bits per heavy atom. The van der Waals surface area contributed by atoms with E-state index >= 15 is 0 Å². The Morgan fingerprint density at radius 3 is 2.21 bits per heavy atom. The molecule has 0 aliphatic heterocycles. The van der Waals surface area contributed by atoms with E-state index in [-0.39, 0.29) is 32.2 Å². The fraction of sp³-hybridized carbons (Fsp3) is 0.400. The number of rotatable bonds is 9. The highest BCUT2D eigenvalue weighted by molar-refractivity contribution is 5.71. The average molecular weight is 354 g/mol. The van der Waals surface area contributed by atoms with Crippen LogP contribution in [-0.4, -0.2) is 32.4 Å². The first kappa shape index (κ1) is 19.9. The molecule has 0 fully saturated rings. The van der Waals surface area contributed by atoms with Crippen LogP contribution in [0, 0.1) is 0 Å². The first-order chi connectivity index (χ1) is 11.3. The van der Waals surface area contributed by atoms with Gasteiger partial charge in [-0.1, -0.05) is 0 Å². The van der Waals surface area contributed by atoms with Crippen molar-refractivity contribution in [2.45, 2.75) is 12.6 Å². The average Bonchev–Trinajstić information content (AvgIpc) is 2.51. The van der Waals surface area contributed by atoms with Gasteiger partial charge in [0.2, 0.25) is 0 Å². The highest BCUT2D eigenvalue weighted by atomic mass is 19.4. The number of hydrogen-bond acceptors (Lipinski definition) is 4. The minimum absolute atomic E-state index is 0.0456. The first-order valence-electron chi connectivity index (χ1n) is 6.83. The van der Waals surface area contributed by atoms with Gasteiger partial charge in [-0.3, -0.25) is 4.79 Å². The van der Waals surface area contributed by atoms with E-state index in [4.69, 9.17) is 9.47 Å². The van der Waals surface area contributed by atoms with Gasteiger partial charge < -0.3 is 14.2 Å². The lowest BCUT2D eigenvalue weighted by molar-refractivity contribution is -0.144. The lowest BCUT2D eigenvalue weighted by Crippen LogP contribution is -2.13. The third kappa shape index (κ3) is 8.47. The monoisotopic (exact) mass is 354 g/mol. The number of alkyl halides is 3. The molecule has 0 bridgehead atoms. The smallest absolute Gasteiger partial charge is 0.416 e. The second-order valence-corrected chi connectivity index (χ2v) is 4.40. The van der Waals surface area contributed by atoms with Gasteiger partial charge in [0.15, 0.2) is 0 Å². The molecule has 0 radical (unpaired) electrons. The fourth-order valence-corrected chi connectivity index (χ4v) is 1.49. The quantitative estimate of drug-likeness (QED) is 0.384. The molecule has 9 heteroatoms. The third-order valence-corrected chi connectivity index (χ3v) is 2.59. The Balaban J connectivity index is 2.10. The Hall–Kier alpha value is -2.16. The summed E-state index contributed by atoms with van der Waals surface area (Å²) in [5.74, 6) is -0.537. The molecule has 0 saturated heterocycles. The van der Waals surface area contributed by atoms with Crippen LogP contribution in [0.3, 0.4) is 0 Å². The second-order valence-electron chi connectivity index (χ2n) is 4.40. The van der Waals surface area contributed by atoms with Gasteiger partial charge in [-0.15, -0.1) is 0 Å². The Labute approximate surface area is 134 Å². The number of esters is 1. The largest absolute Gasteiger partial charge is 0.491 e. The van der Waals surface area contributed by atoms with Crippen LogP contribution < -0.4 is 4.74 Å². The molecule has 0 aliphatic carbocycles. The topological polar surface area (TPSA) is 44.8 Å². The molecule has 134 valence electrons. The molecule has 1 aromatic rings. The summed E-state index contributed by atoms with van der Waals surface area (Å²) in [6.45, 7) is 0.164. The zero-order chi connectivity index (χ0) is 18.0. The molecule has 0 heterocycles. The molecule has 24 heavy (non-hydrogen) atoms. The molecule has 0 unspecified atom stereocenters. The van der Waals surface area contributed by atoms with Crippen molar-refractivity contribution in [1.29, 1.82) is 0 Å². The van der Waals surface area contributed by atoms with Crippen LogP contribution in [0.2, 0.25) is 0 Å². The predicted octanol–water partition coefficient (Wildman–Crippen LogP) is 3.81. The van der Waals surface area contributed by atoms with Crippen LogP contribution in [0.4, 0.5) is 22.0 Å². The summed E-state index contributed by atoms with van der Waals surface area (Å²) in [6.07, 6.45) is -6.42. The Kier molecular flexibility index (Phi) is 8.17. The van der Waals surface area contributed by atoms with E-state index in [1.165, 1.54) is 12.1 Å². The van der Waals surface area contributed by atoms with E-state index in [1.807, 2.05) is 0 Å². The van der Waals surface area contributed by atoms with Crippen molar-refractivity contribution in [3.63, 3.8) is 0 Å². The number of carbonyl (C=O) groups is 1. The molecule has 0 aliphatic rings. The molecule has 0 aromatic heterocycles. The molecule has 0 N–H and O–H groups in total. The van der Waals surface area contributed by atoms with Crippen LogP contribution in [0.5, 0.6) is 5.75 Å². The zero-order valence-corrected chi connectivity index (χ0v) is 12.4. The van der Waals surface area contributed by atoms with Crippen LogP contribution in [0.1, 0.15) is 12.0 Å². The van der Waals surface area contributed by atoms with Crippen LogP contribution >= 0.6 is 0 Å². The minimum atomic E-state index is -4.40. The van der Waals surface area contributed by atoms with Crippen molar-refractivity contribution in [2.75, 3.05) is 26.4 Å². The summed E-state index contributed by atoms with van der Waals surface area (Å²) >= 11 is 0. The lowest BCUT2D eigenvalue weighted by Gasteiger charge is -2.09. The van der Waals surface area contributed by atoms with Crippen LogP contribution in [-0.2, 0) is 20.4 Å². The molecular weight excluding hydrogens is 339 g/mol. The predicted molar refractivity (Wildman–Crippen MR) is 73.6 cm³/mol. The summed E-state index contributed by atoms with van der Waals surface area (Å²) in [5.41, 5.74) is -0.768. The molecule has 1 rings (SSSR count). The van der Waals surface area contributed by atoms with Gasteiger partial charge >= 0.3 is 12.1 Å². The summed E-state index contributed by atoms with van der Waals surface area (Å²) in [5, 5.41) is 0. The van der Waals surface area contributed by atoms with E-state index in [2.05, 4.69) is 4.74 Å². The van der Waals surface area contributed by atoms with E-state index in [9.17, 15) is 26.7 Å². The maximum atomic E-state index is 12.4. The number of ether oxygens (including phenoxy) is 3. The second kappa shape index (κ2) is 9.86. The summed E-state index contributed by atoms with van der Waals surface area (Å²) in [7, 11) is 0. The fourth-order valence-electron chi connectivity index (χ4n) is 1.49. The standard InChI is InChI=1S/C15H15F5O4/c16-13(17)5-6-14(21)24-10-8-22-7-9-23-12-3-1-11(2-4-12)15(18,19)20/h1-5H,6-10H2. The normalized spacial score (nSPS) is 11.0. The Bertz CT molecular complexity index is 536. The summed E-state index contributed by atoms with van der Waals surface area (Å²) in [6, 6.07) is 4.21. The maximum absolute atomic E-state index is 12.4. The van der Waals surface area contributed by atoms with Crippen molar-refractivity contribution in [2.24, 2.45) is 0 Å². The van der Waals surface area contributed by atoms with Gasteiger partial charge in [-0.25, -0.2) is 0 Å². The molecule has 0 spiro atoms. The summed E-state index contributed by atoms with van der Waals surface area (Å²) < 4.78 is 75.3. The van der Waals surface area contributed by atoms with Gasteiger partial charge in [0.1, 0.15) is 19.0 Å². The lowest BCUT2D eigenvalue weighted by atomic mass is 10.2. The highest BCUT2D eigenvalue weighted by Crippen LogP contribution is 2.30. The molecule has 0 saturated carbocycles. The van der Waals surface area contributed by atoms with Crippen molar-refractivity contribution in [3.8, 4) is 5.75 Å². The van der Waals surface area contributed by atoms with Crippen LogP contribution in [0.25, 0.3) is 0 Å². The summed E-state index contributed by atoms with van der Waals surface area (Å²) in [4.78, 5) is 11.0. The Morgan fingerprint density at radius 1 is 1.00 bits per heavy atom. The van der Waals surface area contributed by atoms with Gasteiger partial charge in [-0.2, -0.15) is 22.0 Å². The molecule has 1 aromatic carbocycles. The van der Waals surface area contributed by atoms with Crippen LogP contribution in [0.15, 0.2) is 36.4 Å². The maximum Gasteiger partial charge on any atom is 0.416 e. The highest BCUT2D eigenvalue weighted by Gasteiger charge is 2.29. The minimum Gasteiger partial charge on any atom is -0.491 e. The SMILES string of the molecule is O=C(CC=C(F)F)OCCOCCOc1ccc(C(F)(F)F)cc1. The van der Waals surface area contributed by atoms with Crippen molar-refractivity contribution < 1.29 is 41.0 Å².